The summed E-state index contributed by atoms with van der Waals surface area (Å²) in [7, 11) is -1.55. The van der Waals surface area contributed by atoms with Crippen LogP contribution in [0.2, 0.25) is 0 Å². The Bertz CT molecular complexity index is 224. The Morgan fingerprint density at radius 3 is 2.77 bits per heavy atom. The van der Waals surface area contributed by atoms with Crippen molar-refractivity contribution in [3.8, 4) is 0 Å². The molecule has 0 atom stereocenters. The third-order valence-electron chi connectivity index (χ3n) is 1.43. The minimum absolute atomic E-state index is 0.123. The van der Waals surface area contributed by atoms with Gasteiger partial charge in [0.25, 0.3) is 0 Å². The van der Waals surface area contributed by atoms with Crippen LogP contribution < -0.4 is 4.72 Å². The van der Waals surface area contributed by atoms with Crippen LogP contribution in [0.1, 0.15) is 12.8 Å². The van der Waals surface area contributed by atoms with Gasteiger partial charge < -0.3 is 4.74 Å². The zero-order chi connectivity index (χ0) is 10.2. The molecule has 4 nitrogen and oxygen atoms in total. The molecule has 0 aliphatic heterocycles. The number of methoxy groups -OCH3 is 1. The summed E-state index contributed by atoms with van der Waals surface area (Å²) in [5, 5.41) is 0. The number of hydrogen-bond donors (Lipinski definition) is 1. The smallest absolute Gasteiger partial charge is 0.211 e. The molecule has 1 N–H and O–H groups in total. The molecule has 5 heteroatoms. The molecule has 0 heterocycles. The van der Waals surface area contributed by atoms with Crippen molar-refractivity contribution in [2.24, 2.45) is 0 Å². The van der Waals surface area contributed by atoms with E-state index in [9.17, 15) is 8.42 Å². The summed E-state index contributed by atoms with van der Waals surface area (Å²) in [6, 6.07) is 0. The fraction of sp³-hybridized carbons (Fsp3) is 0.750. The number of nitrogens with one attached hydrogen (secondary N) is 1. The Kier molecular flexibility index (Phi) is 6.84. The van der Waals surface area contributed by atoms with Gasteiger partial charge in [-0.05, 0) is 12.8 Å². The number of sulfonamides is 1. The third-order valence-corrected chi connectivity index (χ3v) is 2.90. The summed E-state index contributed by atoms with van der Waals surface area (Å²) in [5.41, 5.74) is 0. The Hall–Kier alpha value is -0.390. The summed E-state index contributed by atoms with van der Waals surface area (Å²) < 4.78 is 29.6. The number of hydrogen-bond acceptors (Lipinski definition) is 3. The van der Waals surface area contributed by atoms with E-state index in [4.69, 9.17) is 4.74 Å². The largest absolute Gasteiger partial charge is 0.385 e. The predicted octanol–water partition coefficient (Wildman–Crippen LogP) is 0.518. The van der Waals surface area contributed by atoms with E-state index in [0.29, 0.717) is 26.0 Å². The first-order chi connectivity index (χ1) is 6.12. The minimum Gasteiger partial charge on any atom is -0.385 e. The van der Waals surface area contributed by atoms with Gasteiger partial charge in [0.1, 0.15) is 0 Å². The summed E-state index contributed by atoms with van der Waals surface area (Å²) in [4.78, 5) is 0. The van der Waals surface area contributed by atoms with E-state index in [2.05, 4.69) is 11.3 Å². The van der Waals surface area contributed by atoms with Gasteiger partial charge in [-0.25, -0.2) is 13.1 Å². The van der Waals surface area contributed by atoms with Crippen LogP contribution in [0.3, 0.4) is 0 Å². The second kappa shape index (κ2) is 7.06. The predicted molar refractivity (Wildman–Crippen MR) is 53.1 cm³/mol. The molecule has 0 aliphatic carbocycles. The second-order valence-electron chi connectivity index (χ2n) is 2.64. The standard InChI is InChI=1S/C8H17NO3S/c1-3-4-6-9-13(10,11)8-5-7-12-2/h3,9H,1,4-8H2,2H3. The van der Waals surface area contributed by atoms with Gasteiger partial charge in [0.15, 0.2) is 0 Å². The van der Waals surface area contributed by atoms with Crippen molar-refractivity contribution in [2.45, 2.75) is 12.8 Å². The van der Waals surface area contributed by atoms with Crippen LogP contribution in [0.15, 0.2) is 12.7 Å². The van der Waals surface area contributed by atoms with Crippen LogP contribution in [-0.4, -0.2) is 34.4 Å². The molecule has 0 unspecified atom stereocenters. The summed E-state index contributed by atoms with van der Waals surface area (Å²) >= 11 is 0. The maximum Gasteiger partial charge on any atom is 0.211 e. The molecule has 0 fully saturated rings. The monoisotopic (exact) mass is 207 g/mol. The Labute approximate surface area is 80.0 Å². The molecule has 0 radical (unpaired) electrons. The van der Waals surface area contributed by atoms with E-state index >= 15 is 0 Å². The summed E-state index contributed by atoms with van der Waals surface area (Å²) in [5.74, 6) is 0.123. The lowest BCUT2D eigenvalue weighted by atomic mass is 10.4. The van der Waals surface area contributed by atoms with Gasteiger partial charge in [0.2, 0.25) is 10.0 Å². The maximum absolute atomic E-state index is 11.2. The lowest BCUT2D eigenvalue weighted by Gasteiger charge is -2.04. The van der Waals surface area contributed by atoms with Gasteiger partial charge in [-0.2, -0.15) is 0 Å². The molecular formula is C8H17NO3S. The fourth-order valence-corrected chi connectivity index (χ4v) is 1.85. The lowest BCUT2D eigenvalue weighted by Crippen LogP contribution is -2.27. The van der Waals surface area contributed by atoms with Crippen molar-refractivity contribution in [2.75, 3.05) is 26.0 Å². The first-order valence-corrected chi connectivity index (χ1v) is 5.85. The molecule has 0 aromatic carbocycles. The zero-order valence-corrected chi connectivity index (χ0v) is 8.77. The van der Waals surface area contributed by atoms with E-state index in [-0.39, 0.29) is 5.75 Å². The molecule has 0 bridgehead atoms. The first-order valence-electron chi connectivity index (χ1n) is 4.19. The SMILES string of the molecule is C=CCCNS(=O)(=O)CCCOC. The van der Waals surface area contributed by atoms with Crippen molar-refractivity contribution in [3.63, 3.8) is 0 Å². The van der Waals surface area contributed by atoms with E-state index in [1.165, 1.54) is 0 Å². The average molecular weight is 207 g/mol. The highest BCUT2D eigenvalue weighted by atomic mass is 32.2. The molecule has 13 heavy (non-hydrogen) atoms. The maximum atomic E-state index is 11.2. The normalized spacial score (nSPS) is 11.5. The minimum atomic E-state index is -3.10. The van der Waals surface area contributed by atoms with Crippen LogP contribution in [0.25, 0.3) is 0 Å². The molecule has 0 saturated heterocycles. The Morgan fingerprint density at radius 1 is 1.54 bits per heavy atom. The summed E-state index contributed by atoms with van der Waals surface area (Å²) in [6.45, 7) is 4.40. The van der Waals surface area contributed by atoms with Gasteiger partial charge in [-0.1, -0.05) is 6.08 Å². The molecular weight excluding hydrogens is 190 g/mol. The molecule has 78 valence electrons. The van der Waals surface area contributed by atoms with Gasteiger partial charge >= 0.3 is 0 Å². The quantitative estimate of drug-likeness (QED) is 0.466. The molecule has 0 spiro atoms. The van der Waals surface area contributed by atoms with Crippen LogP contribution >= 0.6 is 0 Å². The lowest BCUT2D eigenvalue weighted by molar-refractivity contribution is 0.199. The highest BCUT2D eigenvalue weighted by molar-refractivity contribution is 7.89. The zero-order valence-electron chi connectivity index (χ0n) is 7.95. The van der Waals surface area contributed by atoms with E-state index < -0.39 is 10.0 Å². The average Bonchev–Trinajstić information content (AvgIpc) is 2.05. The van der Waals surface area contributed by atoms with E-state index in [1.54, 1.807) is 13.2 Å². The molecule has 0 aromatic heterocycles. The van der Waals surface area contributed by atoms with Crippen LogP contribution in [0.5, 0.6) is 0 Å². The van der Waals surface area contributed by atoms with Crippen LogP contribution in [-0.2, 0) is 14.8 Å². The van der Waals surface area contributed by atoms with Crippen molar-refractivity contribution in [1.29, 1.82) is 0 Å². The molecule has 0 aliphatic rings. The van der Waals surface area contributed by atoms with Gasteiger partial charge in [-0.3, -0.25) is 0 Å². The molecule has 0 aromatic rings. The molecule has 0 amide bonds. The van der Waals surface area contributed by atoms with Crippen molar-refractivity contribution < 1.29 is 13.2 Å². The van der Waals surface area contributed by atoms with Crippen LogP contribution in [0.4, 0.5) is 0 Å². The van der Waals surface area contributed by atoms with E-state index in [0.717, 1.165) is 0 Å². The molecule has 0 rings (SSSR count). The summed E-state index contributed by atoms with van der Waals surface area (Å²) in [6.07, 6.45) is 2.86. The fourth-order valence-electron chi connectivity index (χ4n) is 0.782. The number of rotatable bonds is 8. The van der Waals surface area contributed by atoms with E-state index in [1.807, 2.05) is 0 Å². The Balaban J connectivity index is 3.61. The van der Waals surface area contributed by atoms with Crippen LogP contribution in [0, 0.1) is 0 Å². The first kappa shape index (κ1) is 12.6. The highest BCUT2D eigenvalue weighted by Gasteiger charge is 2.07. The topological polar surface area (TPSA) is 55.4 Å². The third kappa shape index (κ3) is 7.95. The van der Waals surface area contributed by atoms with Gasteiger partial charge in [0.05, 0.1) is 5.75 Å². The van der Waals surface area contributed by atoms with Gasteiger partial charge in [-0.15, -0.1) is 6.58 Å². The molecule has 0 saturated carbocycles. The Morgan fingerprint density at radius 2 is 2.23 bits per heavy atom. The van der Waals surface area contributed by atoms with Crippen molar-refractivity contribution in [3.05, 3.63) is 12.7 Å². The highest BCUT2D eigenvalue weighted by Crippen LogP contribution is 1.90. The van der Waals surface area contributed by atoms with Crippen molar-refractivity contribution >= 4 is 10.0 Å². The van der Waals surface area contributed by atoms with Gasteiger partial charge in [0, 0.05) is 20.3 Å². The second-order valence-corrected chi connectivity index (χ2v) is 4.56. The number of ether oxygens (including phenoxy) is 1. The van der Waals surface area contributed by atoms with Crippen molar-refractivity contribution in [1.82, 2.24) is 4.72 Å².